The number of benzene rings is 1. The quantitative estimate of drug-likeness (QED) is 0.598. The van der Waals surface area contributed by atoms with Gasteiger partial charge < -0.3 is 14.7 Å². The fourth-order valence-corrected chi connectivity index (χ4v) is 2.76. The van der Waals surface area contributed by atoms with Crippen LogP contribution in [0.5, 0.6) is 0 Å². The molecule has 3 heterocycles. The Bertz CT molecular complexity index is 1070. The van der Waals surface area contributed by atoms with Gasteiger partial charge >= 0.3 is 0 Å². The van der Waals surface area contributed by atoms with Gasteiger partial charge in [-0.1, -0.05) is 11.6 Å². The Hall–Kier alpha value is -2.86. The maximum atomic E-state index is 13.2. The van der Waals surface area contributed by atoms with Crippen LogP contribution in [0.15, 0.2) is 48.8 Å². The number of hydrogen-bond acceptors (Lipinski definition) is 2. The van der Waals surface area contributed by atoms with E-state index in [-0.39, 0.29) is 18.3 Å². The topological polar surface area (TPSA) is 62.2 Å². The minimum atomic E-state index is -0.336. The van der Waals surface area contributed by atoms with Crippen molar-refractivity contribution in [3.8, 4) is 0 Å². The predicted octanol–water partition coefficient (Wildman–Crippen LogP) is 3.54. The summed E-state index contributed by atoms with van der Waals surface area (Å²) in [6.45, 7) is 0.280. The van der Waals surface area contributed by atoms with Gasteiger partial charge in [0, 0.05) is 23.3 Å². The van der Waals surface area contributed by atoms with Gasteiger partial charge in [0.2, 0.25) is 0 Å². The van der Waals surface area contributed by atoms with Crippen molar-refractivity contribution in [3.63, 3.8) is 0 Å². The third-order valence-electron chi connectivity index (χ3n) is 3.72. The van der Waals surface area contributed by atoms with Crippen molar-refractivity contribution < 1.29 is 9.18 Å². The highest BCUT2D eigenvalue weighted by atomic mass is 35.5. The summed E-state index contributed by atoms with van der Waals surface area (Å²) in [4.78, 5) is 19.6. The van der Waals surface area contributed by atoms with E-state index in [1.807, 2.05) is 6.20 Å². The zero-order valence-corrected chi connectivity index (χ0v) is 13.1. The van der Waals surface area contributed by atoms with Crippen LogP contribution in [0.1, 0.15) is 16.2 Å². The van der Waals surface area contributed by atoms with E-state index < -0.39 is 0 Å². The number of carbonyl (C=O) groups excluding carboxylic acids is 1. The molecule has 24 heavy (non-hydrogen) atoms. The van der Waals surface area contributed by atoms with Crippen LogP contribution in [0.4, 0.5) is 4.39 Å². The van der Waals surface area contributed by atoms with Gasteiger partial charge in [-0.05, 0) is 36.4 Å². The number of aromatic nitrogens is 3. The van der Waals surface area contributed by atoms with Crippen molar-refractivity contribution in [2.45, 2.75) is 6.54 Å². The number of aromatic amines is 1. The van der Waals surface area contributed by atoms with E-state index in [1.165, 1.54) is 12.1 Å². The van der Waals surface area contributed by atoms with E-state index in [0.717, 1.165) is 5.65 Å². The second-order valence-electron chi connectivity index (χ2n) is 5.44. The standard InChI is InChI=1S/C17H12ClFN4O/c18-11-1-4-16-21-13(9-23(16)8-11)7-20-17(24)15-6-10-5-12(19)2-3-14(10)22-15/h1-6,8-9,22H,7H2,(H,20,24). The Morgan fingerprint density at radius 3 is 3.00 bits per heavy atom. The number of rotatable bonds is 3. The van der Waals surface area contributed by atoms with Crippen molar-refractivity contribution in [1.29, 1.82) is 0 Å². The Morgan fingerprint density at radius 1 is 1.25 bits per heavy atom. The number of halogens is 2. The zero-order chi connectivity index (χ0) is 16.7. The van der Waals surface area contributed by atoms with Gasteiger partial charge in [0.1, 0.15) is 17.2 Å². The summed E-state index contributed by atoms with van der Waals surface area (Å²) >= 11 is 5.94. The predicted molar refractivity (Wildman–Crippen MR) is 89.6 cm³/mol. The molecule has 7 heteroatoms. The molecule has 120 valence electrons. The minimum Gasteiger partial charge on any atom is -0.351 e. The van der Waals surface area contributed by atoms with Crippen LogP contribution in [0.3, 0.4) is 0 Å². The normalized spacial score (nSPS) is 11.2. The lowest BCUT2D eigenvalue weighted by Gasteiger charge is -2.00. The molecule has 1 amide bonds. The minimum absolute atomic E-state index is 0.276. The number of hydrogen-bond donors (Lipinski definition) is 2. The number of pyridine rings is 1. The molecule has 0 aliphatic carbocycles. The Kier molecular flexibility index (Phi) is 3.46. The lowest BCUT2D eigenvalue weighted by Crippen LogP contribution is -2.23. The van der Waals surface area contributed by atoms with Crippen LogP contribution in [-0.2, 0) is 6.54 Å². The zero-order valence-electron chi connectivity index (χ0n) is 12.4. The van der Waals surface area contributed by atoms with Gasteiger partial charge in [-0.2, -0.15) is 0 Å². The van der Waals surface area contributed by atoms with Crippen LogP contribution >= 0.6 is 11.6 Å². The lowest BCUT2D eigenvalue weighted by atomic mass is 10.2. The number of imidazole rings is 1. The average Bonchev–Trinajstić information content (AvgIpc) is 3.15. The first-order chi connectivity index (χ1) is 11.6. The third kappa shape index (κ3) is 2.72. The maximum absolute atomic E-state index is 13.2. The molecule has 0 fully saturated rings. The smallest absolute Gasteiger partial charge is 0.268 e. The first kappa shape index (κ1) is 14.7. The van der Waals surface area contributed by atoms with Crippen LogP contribution in [-0.4, -0.2) is 20.3 Å². The van der Waals surface area contributed by atoms with Crippen molar-refractivity contribution in [3.05, 3.63) is 71.0 Å². The molecule has 1 aromatic carbocycles. The van der Waals surface area contributed by atoms with Gasteiger partial charge in [0.05, 0.1) is 17.3 Å². The number of nitrogens with zero attached hydrogens (tertiary/aromatic N) is 2. The molecule has 0 spiro atoms. The summed E-state index contributed by atoms with van der Waals surface area (Å²) in [7, 11) is 0. The highest BCUT2D eigenvalue weighted by Crippen LogP contribution is 2.17. The number of nitrogens with one attached hydrogen (secondary N) is 2. The van der Waals surface area contributed by atoms with Crippen LogP contribution in [0, 0.1) is 5.82 Å². The molecule has 0 unspecified atom stereocenters. The molecule has 5 nitrogen and oxygen atoms in total. The lowest BCUT2D eigenvalue weighted by molar-refractivity contribution is 0.0946. The third-order valence-corrected chi connectivity index (χ3v) is 3.95. The first-order valence-corrected chi connectivity index (χ1v) is 7.66. The highest BCUT2D eigenvalue weighted by molar-refractivity contribution is 6.30. The van der Waals surface area contributed by atoms with Gasteiger partial charge in [0.25, 0.3) is 5.91 Å². The van der Waals surface area contributed by atoms with Gasteiger partial charge in [-0.15, -0.1) is 0 Å². The van der Waals surface area contributed by atoms with E-state index in [2.05, 4.69) is 15.3 Å². The SMILES string of the molecule is O=C(NCc1cn2cc(Cl)ccc2n1)c1cc2cc(F)ccc2[nH]1. The van der Waals surface area contributed by atoms with Gasteiger partial charge in [0.15, 0.2) is 0 Å². The molecule has 0 saturated heterocycles. The van der Waals surface area contributed by atoms with Crippen molar-refractivity contribution in [2.75, 3.05) is 0 Å². The first-order valence-electron chi connectivity index (χ1n) is 7.28. The van der Waals surface area contributed by atoms with E-state index >= 15 is 0 Å². The maximum Gasteiger partial charge on any atom is 0.268 e. The molecule has 0 radical (unpaired) electrons. The second-order valence-corrected chi connectivity index (χ2v) is 5.88. The second kappa shape index (κ2) is 5.65. The summed E-state index contributed by atoms with van der Waals surface area (Å²) < 4.78 is 15.0. The van der Waals surface area contributed by atoms with Gasteiger partial charge in [-0.25, -0.2) is 9.37 Å². The van der Waals surface area contributed by atoms with Crippen LogP contribution in [0.2, 0.25) is 5.02 Å². The molecule has 3 aromatic heterocycles. The molecule has 0 aliphatic heterocycles. The molecule has 0 aliphatic rings. The highest BCUT2D eigenvalue weighted by Gasteiger charge is 2.11. The average molecular weight is 343 g/mol. The largest absolute Gasteiger partial charge is 0.351 e. The molecular weight excluding hydrogens is 331 g/mol. The van der Waals surface area contributed by atoms with E-state index in [4.69, 9.17) is 11.6 Å². The summed E-state index contributed by atoms with van der Waals surface area (Å²) in [6, 6.07) is 9.52. The van der Waals surface area contributed by atoms with Crippen molar-refractivity contribution in [2.24, 2.45) is 0 Å². The fraction of sp³-hybridized carbons (Fsp3) is 0.0588. The summed E-state index contributed by atoms with van der Waals surface area (Å²) in [5.74, 6) is -0.612. The molecule has 0 saturated carbocycles. The molecule has 0 bridgehead atoms. The van der Waals surface area contributed by atoms with Crippen molar-refractivity contribution >= 4 is 34.1 Å². The fourth-order valence-electron chi connectivity index (χ4n) is 2.59. The summed E-state index contributed by atoms with van der Waals surface area (Å²) in [6.07, 6.45) is 3.56. The Morgan fingerprint density at radius 2 is 2.12 bits per heavy atom. The van der Waals surface area contributed by atoms with E-state index in [1.54, 1.807) is 34.9 Å². The van der Waals surface area contributed by atoms with E-state index in [9.17, 15) is 9.18 Å². The number of amides is 1. The Balaban J connectivity index is 1.52. The number of fused-ring (bicyclic) bond motifs is 2. The summed E-state index contributed by atoms with van der Waals surface area (Å²) in [5.41, 5.74) is 2.56. The van der Waals surface area contributed by atoms with E-state index in [0.29, 0.717) is 27.3 Å². The van der Waals surface area contributed by atoms with Gasteiger partial charge in [-0.3, -0.25) is 4.79 Å². The number of carbonyl (C=O) groups is 1. The molecule has 4 aromatic rings. The monoisotopic (exact) mass is 342 g/mol. The number of H-pyrrole nitrogens is 1. The Labute approximate surface area is 141 Å². The molecular formula is C17H12ClFN4O. The summed E-state index contributed by atoms with van der Waals surface area (Å²) in [5, 5.41) is 4.06. The van der Waals surface area contributed by atoms with Crippen LogP contribution in [0.25, 0.3) is 16.6 Å². The van der Waals surface area contributed by atoms with Crippen LogP contribution < -0.4 is 5.32 Å². The molecule has 2 N–H and O–H groups in total. The van der Waals surface area contributed by atoms with Crippen molar-refractivity contribution in [1.82, 2.24) is 19.7 Å². The molecule has 0 atom stereocenters. The molecule has 4 rings (SSSR count).